The molecule has 0 radical (unpaired) electrons. The highest BCUT2D eigenvalue weighted by molar-refractivity contribution is 5.87. The van der Waals surface area contributed by atoms with E-state index in [2.05, 4.69) is 26.8 Å². The van der Waals surface area contributed by atoms with Crippen LogP contribution < -0.4 is 0 Å². The van der Waals surface area contributed by atoms with Gasteiger partial charge in [-0.25, -0.2) is 0 Å². The quantitative estimate of drug-likeness (QED) is 0.135. The zero-order valence-electron chi connectivity index (χ0n) is 22.0. The number of allylic oxidation sites excluding steroid dienone is 1. The molecule has 192 valence electrons. The molecule has 0 saturated heterocycles. The molecule has 34 heavy (non-hydrogen) atoms. The van der Waals surface area contributed by atoms with Gasteiger partial charge in [0, 0.05) is 18.3 Å². The second kappa shape index (κ2) is 11.3. The normalized spacial score (nSPS) is 36.9. The number of ketones is 1. The topological polar surface area (TPSA) is 52.6 Å². The van der Waals surface area contributed by atoms with Gasteiger partial charge < -0.3 is 9.47 Å². The highest BCUT2D eigenvalue weighted by atomic mass is 16.7. The molecule has 4 aliphatic carbocycles. The van der Waals surface area contributed by atoms with Gasteiger partial charge in [0.05, 0.1) is 6.10 Å². The minimum absolute atomic E-state index is 0.0535. The maximum Gasteiger partial charge on any atom is 0.307 e. The van der Waals surface area contributed by atoms with E-state index in [0.29, 0.717) is 30.0 Å². The summed E-state index contributed by atoms with van der Waals surface area (Å²) in [4.78, 5) is 24.7. The van der Waals surface area contributed by atoms with E-state index in [0.717, 1.165) is 57.8 Å². The SMILES string of the molecule is CCCCCCCCCC(=O)OCO[C@H]1CC[C@@]2(C)C(=CC[C@@H]3[C@@H]2CC[C@]2(C)C(=O)CC[C@@H]32)C1. The van der Waals surface area contributed by atoms with E-state index in [-0.39, 0.29) is 29.7 Å². The van der Waals surface area contributed by atoms with Crippen molar-refractivity contribution >= 4 is 11.8 Å². The van der Waals surface area contributed by atoms with E-state index in [1.807, 2.05) is 0 Å². The van der Waals surface area contributed by atoms with Crippen molar-refractivity contribution in [3.05, 3.63) is 11.6 Å². The molecule has 0 unspecified atom stereocenters. The second-order valence-electron chi connectivity index (χ2n) is 12.2. The first-order chi connectivity index (χ1) is 16.4. The summed E-state index contributed by atoms with van der Waals surface area (Å²) in [7, 11) is 0. The highest BCUT2D eigenvalue weighted by Gasteiger charge is 2.58. The van der Waals surface area contributed by atoms with Crippen molar-refractivity contribution < 1.29 is 19.1 Å². The molecule has 0 aromatic carbocycles. The number of rotatable bonds is 11. The minimum Gasteiger partial charge on any atom is -0.438 e. The van der Waals surface area contributed by atoms with Crippen LogP contribution in [0.1, 0.15) is 124 Å². The van der Waals surface area contributed by atoms with Crippen LogP contribution in [0.25, 0.3) is 0 Å². The summed E-state index contributed by atoms with van der Waals surface area (Å²) in [6.07, 6.45) is 20.1. The first-order valence-corrected chi connectivity index (χ1v) is 14.4. The zero-order valence-corrected chi connectivity index (χ0v) is 22.0. The number of unbranched alkanes of at least 4 members (excludes halogenated alkanes) is 6. The monoisotopic (exact) mass is 472 g/mol. The fourth-order valence-electron chi connectivity index (χ4n) is 8.04. The Bertz CT molecular complexity index is 757. The number of carbonyl (C=O) groups excluding carboxylic acids is 2. The Kier molecular flexibility index (Phi) is 8.59. The van der Waals surface area contributed by atoms with E-state index in [9.17, 15) is 9.59 Å². The number of Topliss-reactive ketones (excluding diaryl/α,β-unsaturated/α-hetero) is 1. The molecule has 0 amide bonds. The molecule has 4 aliphatic rings. The van der Waals surface area contributed by atoms with Gasteiger partial charge in [0.15, 0.2) is 6.79 Å². The maximum absolute atomic E-state index is 12.6. The van der Waals surface area contributed by atoms with Crippen LogP contribution in [0.15, 0.2) is 11.6 Å². The van der Waals surface area contributed by atoms with Crippen LogP contribution in [0.3, 0.4) is 0 Å². The fourth-order valence-corrected chi connectivity index (χ4v) is 8.04. The number of carbonyl (C=O) groups is 2. The maximum atomic E-state index is 12.6. The van der Waals surface area contributed by atoms with Crippen molar-refractivity contribution in [2.45, 2.75) is 130 Å². The van der Waals surface area contributed by atoms with Crippen LogP contribution >= 0.6 is 0 Å². The lowest BCUT2D eigenvalue weighted by atomic mass is 9.48. The van der Waals surface area contributed by atoms with Crippen LogP contribution in [0.4, 0.5) is 0 Å². The van der Waals surface area contributed by atoms with Crippen LogP contribution in [0.5, 0.6) is 0 Å². The molecule has 4 heteroatoms. The summed E-state index contributed by atoms with van der Waals surface area (Å²) in [6.45, 7) is 7.06. The summed E-state index contributed by atoms with van der Waals surface area (Å²) in [5, 5.41) is 0. The predicted octanol–water partition coefficient (Wildman–Crippen LogP) is 7.54. The van der Waals surface area contributed by atoms with Gasteiger partial charge in [0.1, 0.15) is 5.78 Å². The number of fused-ring (bicyclic) bond motifs is 5. The van der Waals surface area contributed by atoms with Crippen molar-refractivity contribution in [3.63, 3.8) is 0 Å². The predicted molar refractivity (Wildman–Crippen MR) is 135 cm³/mol. The smallest absolute Gasteiger partial charge is 0.307 e. The summed E-state index contributed by atoms with van der Waals surface area (Å²) < 4.78 is 11.4. The summed E-state index contributed by atoms with van der Waals surface area (Å²) in [6, 6.07) is 0. The van der Waals surface area contributed by atoms with E-state index in [4.69, 9.17) is 9.47 Å². The number of esters is 1. The zero-order chi connectivity index (χ0) is 24.2. The molecule has 0 spiro atoms. The Morgan fingerprint density at radius 1 is 0.971 bits per heavy atom. The van der Waals surface area contributed by atoms with Crippen molar-refractivity contribution in [2.24, 2.45) is 28.6 Å². The van der Waals surface area contributed by atoms with Gasteiger partial charge in [-0.05, 0) is 74.5 Å². The fraction of sp³-hybridized carbons (Fsp3) is 0.867. The van der Waals surface area contributed by atoms with E-state index in [1.165, 1.54) is 38.5 Å². The Labute approximate surface area is 207 Å². The molecular weight excluding hydrogens is 424 g/mol. The van der Waals surface area contributed by atoms with Gasteiger partial charge in [0.2, 0.25) is 0 Å². The number of ether oxygens (including phenoxy) is 2. The van der Waals surface area contributed by atoms with E-state index >= 15 is 0 Å². The molecule has 0 bridgehead atoms. The summed E-state index contributed by atoms with van der Waals surface area (Å²) in [5.41, 5.74) is 1.76. The Morgan fingerprint density at radius 2 is 1.68 bits per heavy atom. The standard InChI is InChI=1S/C30H48O4/c1-4-5-6-7-8-9-10-11-28(32)34-21-33-23-16-18-29(2)22(20-23)12-13-24-25-14-15-27(31)30(25,3)19-17-26(24)29/h12,23-26H,4-11,13-21H2,1-3H3/t23-,24-,25-,26-,29-,30-/m0/s1. The van der Waals surface area contributed by atoms with E-state index in [1.54, 1.807) is 5.57 Å². The average molecular weight is 473 g/mol. The molecule has 0 aromatic heterocycles. The van der Waals surface area contributed by atoms with Crippen molar-refractivity contribution in [1.82, 2.24) is 0 Å². The third kappa shape index (κ3) is 5.32. The first-order valence-electron chi connectivity index (χ1n) is 14.4. The Hall–Kier alpha value is -1.16. The van der Waals surface area contributed by atoms with Crippen LogP contribution in [0.2, 0.25) is 0 Å². The van der Waals surface area contributed by atoms with Gasteiger partial charge in [0.25, 0.3) is 0 Å². The van der Waals surface area contributed by atoms with Gasteiger partial charge in [-0.2, -0.15) is 0 Å². The molecule has 0 heterocycles. The minimum atomic E-state index is -0.120. The van der Waals surface area contributed by atoms with Crippen LogP contribution in [-0.4, -0.2) is 24.6 Å². The van der Waals surface area contributed by atoms with Gasteiger partial charge in [-0.3, -0.25) is 9.59 Å². The molecular formula is C30H48O4. The van der Waals surface area contributed by atoms with Crippen molar-refractivity contribution in [2.75, 3.05) is 6.79 Å². The largest absolute Gasteiger partial charge is 0.438 e. The lowest BCUT2D eigenvalue weighted by Gasteiger charge is -2.57. The molecule has 0 aromatic rings. The third-order valence-corrected chi connectivity index (χ3v) is 10.3. The number of hydrogen-bond donors (Lipinski definition) is 0. The third-order valence-electron chi connectivity index (χ3n) is 10.3. The molecule has 0 aliphatic heterocycles. The molecule has 0 N–H and O–H groups in total. The molecule has 4 rings (SSSR count). The van der Waals surface area contributed by atoms with Crippen molar-refractivity contribution in [3.8, 4) is 0 Å². The van der Waals surface area contributed by atoms with Gasteiger partial charge in [-0.1, -0.05) is 70.9 Å². The van der Waals surface area contributed by atoms with E-state index < -0.39 is 0 Å². The Balaban J connectivity index is 1.20. The molecule has 4 nitrogen and oxygen atoms in total. The lowest BCUT2D eigenvalue weighted by Crippen LogP contribution is -2.50. The first kappa shape index (κ1) is 25.9. The lowest BCUT2D eigenvalue weighted by molar-refractivity contribution is -0.163. The molecule has 6 atom stereocenters. The van der Waals surface area contributed by atoms with Gasteiger partial charge in [-0.15, -0.1) is 0 Å². The summed E-state index contributed by atoms with van der Waals surface area (Å²) >= 11 is 0. The summed E-state index contributed by atoms with van der Waals surface area (Å²) in [5.74, 6) is 2.36. The average Bonchev–Trinajstić information content (AvgIpc) is 3.13. The second-order valence-corrected chi connectivity index (χ2v) is 12.2. The number of hydrogen-bond acceptors (Lipinski definition) is 4. The molecule has 3 saturated carbocycles. The highest BCUT2D eigenvalue weighted by Crippen LogP contribution is 2.64. The van der Waals surface area contributed by atoms with Crippen molar-refractivity contribution in [1.29, 1.82) is 0 Å². The van der Waals surface area contributed by atoms with Crippen LogP contribution in [-0.2, 0) is 19.1 Å². The van der Waals surface area contributed by atoms with Crippen LogP contribution in [0, 0.1) is 28.6 Å². The Morgan fingerprint density at radius 3 is 2.47 bits per heavy atom. The van der Waals surface area contributed by atoms with Gasteiger partial charge >= 0.3 is 5.97 Å². The molecule has 3 fully saturated rings.